The zero-order valence-electron chi connectivity index (χ0n) is 8.91. The average Bonchev–Trinajstić information content (AvgIpc) is 2.31. The molecule has 0 aromatic heterocycles. The highest BCUT2D eigenvalue weighted by atomic mass is 16.1. The number of nitrogens with zero attached hydrogens (tertiary/aromatic N) is 1. The standard InChI is InChI=1S/C10H21N3O/c1-8-3-2-5-13(6-4-8)7-9(11)10(12)14/h8-9H,2-7,11H2,1H3,(H2,12,14). The van der Waals surface area contributed by atoms with Gasteiger partial charge in [0.05, 0.1) is 6.04 Å². The molecule has 1 aliphatic heterocycles. The van der Waals surface area contributed by atoms with Crippen LogP contribution < -0.4 is 11.5 Å². The fraction of sp³-hybridized carbons (Fsp3) is 0.900. The fourth-order valence-corrected chi connectivity index (χ4v) is 1.87. The number of hydrogen-bond donors (Lipinski definition) is 2. The lowest BCUT2D eigenvalue weighted by molar-refractivity contribution is -0.119. The van der Waals surface area contributed by atoms with E-state index in [4.69, 9.17) is 11.5 Å². The Kier molecular flexibility index (Phi) is 4.35. The number of primary amides is 1. The van der Waals surface area contributed by atoms with Crippen molar-refractivity contribution >= 4 is 5.91 Å². The molecule has 0 radical (unpaired) electrons. The minimum atomic E-state index is -0.511. The third kappa shape index (κ3) is 3.64. The van der Waals surface area contributed by atoms with Gasteiger partial charge in [-0.05, 0) is 38.3 Å². The molecule has 0 aromatic carbocycles. The number of carbonyl (C=O) groups excluding carboxylic acids is 1. The molecule has 4 N–H and O–H groups in total. The molecule has 0 aromatic rings. The molecule has 14 heavy (non-hydrogen) atoms. The van der Waals surface area contributed by atoms with Crippen molar-refractivity contribution in [2.75, 3.05) is 19.6 Å². The number of carbonyl (C=O) groups is 1. The van der Waals surface area contributed by atoms with Gasteiger partial charge >= 0.3 is 0 Å². The zero-order valence-corrected chi connectivity index (χ0v) is 8.91. The molecule has 0 aliphatic carbocycles. The summed E-state index contributed by atoms with van der Waals surface area (Å²) in [5, 5.41) is 0. The Labute approximate surface area is 85.6 Å². The monoisotopic (exact) mass is 199 g/mol. The van der Waals surface area contributed by atoms with Gasteiger partial charge in [-0.25, -0.2) is 0 Å². The second kappa shape index (κ2) is 5.32. The number of likely N-dealkylation sites (tertiary alicyclic amines) is 1. The third-order valence-corrected chi connectivity index (χ3v) is 2.93. The Morgan fingerprint density at radius 1 is 1.50 bits per heavy atom. The van der Waals surface area contributed by atoms with Crippen molar-refractivity contribution in [2.45, 2.75) is 32.2 Å². The van der Waals surface area contributed by atoms with E-state index in [0.717, 1.165) is 19.0 Å². The van der Waals surface area contributed by atoms with Crippen LogP contribution in [0.4, 0.5) is 0 Å². The third-order valence-electron chi connectivity index (χ3n) is 2.93. The van der Waals surface area contributed by atoms with Crippen LogP contribution in [0.1, 0.15) is 26.2 Å². The molecule has 4 nitrogen and oxygen atoms in total. The lowest BCUT2D eigenvalue weighted by atomic mass is 10.0. The predicted octanol–water partition coefficient (Wildman–Crippen LogP) is -0.0790. The van der Waals surface area contributed by atoms with Crippen molar-refractivity contribution in [3.05, 3.63) is 0 Å². The highest BCUT2D eigenvalue weighted by Gasteiger charge is 2.18. The van der Waals surface area contributed by atoms with E-state index < -0.39 is 11.9 Å². The van der Waals surface area contributed by atoms with E-state index in [1.165, 1.54) is 19.3 Å². The number of nitrogens with two attached hydrogens (primary N) is 2. The first-order valence-electron chi connectivity index (χ1n) is 5.37. The molecular weight excluding hydrogens is 178 g/mol. The van der Waals surface area contributed by atoms with E-state index in [0.29, 0.717) is 6.54 Å². The van der Waals surface area contributed by atoms with Gasteiger partial charge in [0.1, 0.15) is 0 Å². The first-order chi connectivity index (χ1) is 6.59. The van der Waals surface area contributed by atoms with E-state index >= 15 is 0 Å². The number of rotatable bonds is 3. The smallest absolute Gasteiger partial charge is 0.235 e. The SMILES string of the molecule is CC1CCCN(CC(N)C(N)=O)CC1. The number of amides is 1. The van der Waals surface area contributed by atoms with Gasteiger partial charge in [0.15, 0.2) is 0 Å². The second-order valence-electron chi connectivity index (χ2n) is 4.35. The van der Waals surface area contributed by atoms with Crippen molar-refractivity contribution in [3.63, 3.8) is 0 Å². The molecule has 1 aliphatic rings. The number of hydrogen-bond acceptors (Lipinski definition) is 3. The maximum absolute atomic E-state index is 10.8. The van der Waals surface area contributed by atoms with Crippen LogP contribution in [0.3, 0.4) is 0 Å². The van der Waals surface area contributed by atoms with Crippen molar-refractivity contribution in [1.29, 1.82) is 0 Å². The van der Waals surface area contributed by atoms with Gasteiger partial charge in [0.2, 0.25) is 5.91 Å². The quantitative estimate of drug-likeness (QED) is 0.668. The molecular formula is C10H21N3O. The zero-order chi connectivity index (χ0) is 10.6. The highest BCUT2D eigenvalue weighted by molar-refractivity contribution is 5.79. The van der Waals surface area contributed by atoms with Gasteiger partial charge in [-0.2, -0.15) is 0 Å². The minimum Gasteiger partial charge on any atom is -0.368 e. The van der Waals surface area contributed by atoms with E-state index in [2.05, 4.69) is 11.8 Å². The summed E-state index contributed by atoms with van der Waals surface area (Å²) in [5.41, 5.74) is 10.7. The van der Waals surface area contributed by atoms with Gasteiger partial charge in [-0.3, -0.25) is 4.79 Å². The van der Waals surface area contributed by atoms with Crippen LogP contribution in [-0.4, -0.2) is 36.5 Å². The molecule has 1 rings (SSSR count). The van der Waals surface area contributed by atoms with E-state index in [9.17, 15) is 4.79 Å². The summed E-state index contributed by atoms with van der Waals surface area (Å²) in [5.74, 6) is 0.395. The Morgan fingerprint density at radius 2 is 2.21 bits per heavy atom. The molecule has 2 unspecified atom stereocenters. The summed E-state index contributed by atoms with van der Waals surface area (Å²) in [6, 6.07) is -0.511. The summed E-state index contributed by atoms with van der Waals surface area (Å²) in [7, 11) is 0. The molecule has 1 amide bonds. The van der Waals surface area contributed by atoms with E-state index in [1.54, 1.807) is 0 Å². The summed E-state index contributed by atoms with van der Waals surface area (Å²) >= 11 is 0. The maximum atomic E-state index is 10.8. The molecule has 1 fully saturated rings. The molecule has 82 valence electrons. The molecule has 4 heteroatoms. The van der Waals surface area contributed by atoms with Crippen LogP contribution in [0.25, 0.3) is 0 Å². The minimum absolute atomic E-state index is 0.401. The van der Waals surface area contributed by atoms with Gasteiger partial charge in [-0.15, -0.1) is 0 Å². The van der Waals surface area contributed by atoms with Gasteiger partial charge in [-0.1, -0.05) is 6.92 Å². The van der Waals surface area contributed by atoms with Crippen molar-refractivity contribution in [3.8, 4) is 0 Å². The second-order valence-corrected chi connectivity index (χ2v) is 4.35. The first kappa shape index (κ1) is 11.5. The maximum Gasteiger partial charge on any atom is 0.235 e. The fourth-order valence-electron chi connectivity index (χ4n) is 1.87. The largest absolute Gasteiger partial charge is 0.368 e. The molecule has 0 saturated carbocycles. The van der Waals surface area contributed by atoms with Gasteiger partial charge in [0.25, 0.3) is 0 Å². The lowest BCUT2D eigenvalue weighted by Gasteiger charge is -2.22. The van der Waals surface area contributed by atoms with Gasteiger partial charge < -0.3 is 16.4 Å². The van der Waals surface area contributed by atoms with Crippen LogP contribution in [0.2, 0.25) is 0 Å². The summed E-state index contributed by atoms with van der Waals surface area (Å²) in [6.45, 7) is 4.98. The van der Waals surface area contributed by atoms with Crippen molar-refractivity contribution in [1.82, 2.24) is 4.90 Å². The Hall–Kier alpha value is -0.610. The van der Waals surface area contributed by atoms with Crippen LogP contribution in [-0.2, 0) is 4.79 Å². The van der Waals surface area contributed by atoms with Crippen molar-refractivity contribution in [2.24, 2.45) is 17.4 Å². The molecule has 0 bridgehead atoms. The average molecular weight is 199 g/mol. The summed E-state index contributed by atoms with van der Waals surface area (Å²) < 4.78 is 0. The Bertz CT molecular complexity index is 196. The Balaban J connectivity index is 2.33. The first-order valence-corrected chi connectivity index (χ1v) is 5.37. The summed E-state index contributed by atoms with van der Waals surface area (Å²) in [4.78, 5) is 13.0. The van der Waals surface area contributed by atoms with Gasteiger partial charge in [0, 0.05) is 6.54 Å². The lowest BCUT2D eigenvalue weighted by Crippen LogP contribution is -2.46. The topological polar surface area (TPSA) is 72.3 Å². The molecule has 0 spiro atoms. The predicted molar refractivity (Wildman–Crippen MR) is 56.6 cm³/mol. The molecule has 2 atom stereocenters. The van der Waals surface area contributed by atoms with Crippen LogP contribution in [0.15, 0.2) is 0 Å². The normalized spacial score (nSPS) is 26.9. The van der Waals surface area contributed by atoms with E-state index in [1.807, 2.05) is 0 Å². The van der Waals surface area contributed by atoms with Crippen LogP contribution >= 0.6 is 0 Å². The molecule has 1 saturated heterocycles. The highest BCUT2D eigenvalue weighted by Crippen LogP contribution is 2.16. The van der Waals surface area contributed by atoms with Crippen LogP contribution in [0.5, 0.6) is 0 Å². The van der Waals surface area contributed by atoms with E-state index in [-0.39, 0.29) is 0 Å². The summed E-state index contributed by atoms with van der Waals surface area (Å²) in [6.07, 6.45) is 3.68. The van der Waals surface area contributed by atoms with Crippen LogP contribution in [0, 0.1) is 5.92 Å². The Morgan fingerprint density at radius 3 is 2.86 bits per heavy atom. The molecule has 1 heterocycles. The van der Waals surface area contributed by atoms with Crippen molar-refractivity contribution < 1.29 is 4.79 Å².